The van der Waals surface area contributed by atoms with Gasteiger partial charge in [-0.25, -0.2) is 4.39 Å². The molecule has 2 N–H and O–H groups in total. The van der Waals surface area contributed by atoms with E-state index in [1.807, 2.05) is 0 Å². The van der Waals surface area contributed by atoms with Gasteiger partial charge in [0.1, 0.15) is 5.82 Å². The SMILES string of the molecule is O=C(Cc1ccccc1F)NC1CCCNCC1. The van der Waals surface area contributed by atoms with Crippen molar-refractivity contribution in [1.82, 2.24) is 10.6 Å². The first-order valence-corrected chi connectivity index (χ1v) is 6.49. The molecule has 0 bridgehead atoms. The molecule has 98 valence electrons. The van der Waals surface area contributed by atoms with Crippen molar-refractivity contribution in [2.45, 2.75) is 31.7 Å². The van der Waals surface area contributed by atoms with Crippen LogP contribution in [0.25, 0.3) is 0 Å². The first-order valence-electron chi connectivity index (χ1n) is 6.49. The van der Waals surface area contributed by atoms with Gasteiger partial charge >= 0.3 is 0 Å². The molecule has 2 rings (SSSR count). The van der Waals surface area contributed by atoms with Crippen LogP contribution in [0.15, 0.2) is 24.3 Å². The highest BCUT2D eigenvalue weighted by atomic mass is 19.1. The zero-order chi connectivity index (χ0) is 12.8. The molecular weight excluding hydrogens is 231 g/mol. The van der Waals surface area contributed by atoms with Gasteiger partial charge in [-0.2, -0.15) is 0 Å². The van der Waals surface area contributed by atoms with Crippen LogP contribution in [0.5, 0.6) is 0 Å². The summed E-state index contributed by atoms with van der Waals surface area (Å²) in [5, 5.41) is 6.29. The van der Waals surface area contributed by atoms with Crippen LogP contribution in [0.2, 0.25) is 0 Å². The third kappa shape index (κ3) is 3.81. The summed E-state index contributed by atoms with van der Waals surface area (Å²) < 4.78 is 13.4. The molecule has 0 aromatic heterocycles. The van der Waals surface area contributed by atoms with Crippen LogP contribution in [0.1, 0.15) is 24.8 Å². The first-order chi connectivity index (χ1) is 8.75. The van der Waals surface area contributed by atoms with Gasteiger partial charge in [0.25, 0.3) is 0 Å². The molecular formula is C14H19FN2O. The van der Waals surface area contributed by atoms with E-state index in [1.165, 1.54) is 6.07 Å². The average molecular weight is 250 g/mol. The third-order valence-electron chi connectivity index (χ3n) is 3.25. The Hall–Kier alpha value is -1.42. The lowest BCUT2D eigenvalue weighted by Crippen LogP contribution is -2.36. The Labute approximate surface area is 107 Å². The maximum Gasteiger partial charge on any atom is 0.224 e. The molecule has 4 heteroatoms. The maximum absolute atomic E-state index is 13.4. The van der Waals surface area contributed by atoms with Crippen molar-refractivity contribution in [2.24, 2.45) is 0 Å². The number of carbonyl (C=O) groups is 1. The Balaban J connectivity index is 1.86. The standard InChI is InChI=1S/C14H19FN2O/c15-13-6-2-1-4-11(13)10-14(18)17-12-5-3-8-16-9-7-12/h1-2,4,6,12,16H,3,5,7-10H2,(H,17,18). The number of hydrogen-bond acceptors (Lipinski definition) is 2. The number of amides is 1. The highest BCUT2D eigenvalue weighted by Crippen LogP contribution is 2.09. The van der Waals surface area contributed by atoms with Crippen molar-refractivity contribution in [3.05, 3.63) is 35.6 Å². The summed E-state index contributed by atoms with van der Waals surface area (Å²) in [4.78, 5) is 11.8. The van der Waals surface area contributed by atoms with Gasteiger partial charge in [0.15, 0.2) is 0 Å². The van der Waals surface area contributed by atoms with Gasteiger partial charge in [-0.15, -0.1) is 0 Å². The molecule has 0 aliphatic carbocycles. The van der Waals surface area contributed by atoms with Crippen LogP contribution in [0.4, 0.5) is 4.39 Å². The Bertz CT molecular complexity index is 401. The molecule has 3 nitrogen and oxygen atoms in total. The van der Waals surface area contributed by atoms with Gasteiger partial charge in [0, 0.05) is 6.04 Å². The molecule has 1 amide bonds. The fourth-order valence-electron chi connectivity index (χ4n) is 2.26. The fraction of sp³-hybridized carbons (Fsp3) is 0.500. The number of carbonyl (C=O) groups excluding carboxylic acids is 1. The summed E-state index contributed by atoms with van der Waals surface area (Å²) in [7, 11) is 0. The van der Waals surface area contributed by atoms with E-state index in [4.69, 9.17) is 0 Å². The van der Waals surface area contributed by atoms with Crippen molar-refractivity contribution < 1.29 is 9.18 Å². The Kier molecular flexibility index (Phi) is 4.70. The smallest absolute Gasteiger partial charge is 0.224 e. The summed E-state index contributed by atoms with van der Waals surface area (Å²) >= 11 is 0. The monoisotopic (exact) mass is 250 g/mol. The fourth-order valence-corrected chi connectivity index (χ4v) is 2.26. The second kappa shape index (κ2) is 6.50. The van der Waals surface area contributed by atoms with E-state index in [9.17, 15) is 9.18 Å². The molecule has 1 unspecified atom stereocenters. The van der Waals surface area contributed by atoms with Crippen molar-refractivity contribution in [2.75, 3.05) is 13.1 Å². The molecule has 1 fully saturated rings. The van der Waals surface area contributed by atoms with Crippen LogP contribution in [-0.4, -0.2) is 25.0 Å². The van der Waals surface area contributed by atoms with E-state index in [0.717, 1.165) is 32.4 Å². The molecule has 0 radical (unpaired) electrons. The van der Waals surface area contributed by atoms with Gasteiger partial charge in [-0.05, 0) is 44.0 Å². The normalized spacial score (nSPS) is 20.2. The summed E-state index contributed by atoms with van der Waals surface area (Å²) in [6.45, 7) is 1.95. The third-order valence-corrected chi connectivity index (χ3v) is 3.25. The number of benzene rings is 1. The highest BCUT2D eigenvalue weighted by Gasteiger charge is 2.15. The molecule has 0 spiro atoms. The van der Waals surface area contributed by atoms with E-state index < -0.39 is 0 Å². The second-order valence-corrected chi connectivity index (χ2v) is 4.71. The number of rotatable bonds is 3. The summed E-state index contributed by atoms with van der Waals surface area (Å²) in [6.07, 6.45) is 3.14. The summed E-state index contributed by atoms with van der Waals surface area (Å²) in [5.41, 5.74) is 0.460. The van der Waals surface area contributed by atoms with E-state index in [2.05, 4.69) is 10.6 Å². The van der Waals surface area contributed by atoms with E-state index in [1.54, 1.807) is 18.2 Å². The Morgan fingerprint density at radius 3 is 3.00 bits per heavy atom. The Morgan fingerprint density at radius 2 is 2.17 bits per heavy atom. The predicted octanol–water partition coefficient (Wildman–Crippen LogP) is 1.63. The van der Waals surface area contributed by atoms with Gasteiger partial charge in [0.05, 0.1) is 6.42 Å². The van der Waals surface area contributed by atoms with Gasteiger partial charge in [-0.3, -0.25) is 4.79 Å². The summed E-state index contributed by atoms with van der Waals surface area (Å²) in [6, 6.07) is 6.65. The molecule has 1 aromatic rings. The van der Waals surface area contributed by atoms with E-state index >= 15 is 0 Å². The molecule has 1 heterocycles. The predicted molar refractivity (Wildman–Crippen MR) is 68.8 cm³/mol. The molecule has 18 heavy (non-hydrogen) atoms. The lowest BCUT2D eigenvalue weighted by Gasteiger charge is -2.16. The lowest BCUT2D eigenvalue weighted by atomic mass is 10.1. The second-order valence-electron chi connectivity index (χ2n) is 4.71. The largest absolute Gasteiger partial charge is 0.353 e. The van der Waals surface area contributed by atoms with E-state index in [0.29, 0.717) is 5.56 Å². The Morgan fingerprint density at radius 1 is 1.33 bits per heavy atom. The van der Waals surface area contributed by atoms with Crippen LogP contribution < -0.4 is 10.6 Å². The van der Waals surface area contributed by atoms with E-state index in [-0.39, 0.29) is 24.2 Å². The quantitative estimate of drug-likeness (QED) is 0.856. The topological polar surface area (TPSA) is 41.1 Å². The zero-order valence-electron chi connectivity index (χ0n) is 10.4. The lowest BCUT2D eigenvalue weighted by molar-refractivity contribution is -0.121. The highest BCUT2D eigenvalue weighted by molar-refractivity contribution is 5.78. The maximum atomic E-state index is 13.4. The first kappa shape index (κ1) is 13.0. The van der Waals surface area contributed by atoms with Crippen LogP contribution in [0.3, 0.4) is 0 Å². The van der Waals surface area contributed by atoms with Crippen molar-refractivity contribution >= 4 is 5.91 Å². The minimum atomic E-state index is -0.310. The number of hydrogen-bond donors (Lipinski definition) is 2. The van der Waals surface area contributed by atoms with Gasteiger partial charge in [-0.1, -0.05) is 18.2 Å². The number of nitrogens with one attached hydrogen (secondary N) is 2. The van der Waals surface area contributed by atoms with Gasteiger partial charge in [0.2, 0.25) is 5.91 Å². The number of halogens is 1. The molecule has 1 atom stereocenters. The van der Waals surface area contributed by atoms with Crippen LogP contribution >= 0.6 is 0 Å². The molecule has 1 saturated heterocycles. The van der Waals surface area contributed by atoms with Gasteiger partial charge < -0.3 is 10.6 Å². The molecule has 1 aromatic carbocycles. The van der Waals surface area contributed by atoms with Crippen LogP contribution in [0, 0.1) is 5.82 Å². The molecule has 0 saturated carbocycles. The minimum Gasteiger partial charge on any atom is -0.353 e. The summed E-state index contributed by atoms with van der Waals surface area (Å²) in [5.74, 6) is -0.401. The van der Waals surface area contributed by atoms with Crippen LogP contribution in [-0.2, 0) is 11.2 Å². The van der Waals surface area contributed by atoms with Crippen molar-refractivity contribution in [1.29, 1.82) is 0 Å². The van der Waals surface area contributed by atoms with Crippen molar-refractivity contribution in [3.8, 4) is 0 Å². The average Bonchev–Trinajstić information content (AvgIpc) is 2.61. The minimum absolute atomic E-state index is 0.0907. The molecule has 1 aliphatic rings. The molecule has 1 aliphatic heterocycles. The zero-order valence-corrected chi connectivity index (χ0v) is 10.4. The van der Waals surface area contributed by atoms with Crippen molar-refractivity contribution in [3.63, 3.8) is 0 Å².